The molecule has 22 heavy (non-hydrogen) atoms. The number of hydrogen-bond donors (Lipinski definition) is 2. The molecule has 0 saturated carbocycles. The Morgan fingerprint density at radius 3 is 2.32 bits per heavy atom. The molecular formula is C18H20O4. The van der Waals surface area contributed by atoms with Crippen LogP contribution in [-0.2, 0) is 15.3 Å². The molecule has 0 aromatic heterocycles. The van der Waals surface area contributed by atoms with Crippen LogP contribution in [0.25, 0.3) is 0 Å². The molecule has 0 amide bonds. The Balaban J connectivity index is 1.97. The van der Waals surface area contributed by atoms with Gasteiger partial charge in [0.05, 0.1) is 12.7 Å². The lowest BCUT2D eigenvalue weighted by Gasteiger charge is -2.33. The summed E-state index contributed by atoms with van der Waals surface area (Å²) in [5, 5.41) is 20.0. The van der Waals surface area contributed by atoms with Gasteiger partial charge in [-0.2, -0.15) is 0 Å². The molecule has 3 rings (SSSR count). The molecular weight excluding hydrogens is 280 g/mol. The maximum Gasteiger partial charge on any atom is 0.226 e. The smallest absolute Gasteiger partial charge is 0.226 e. The Kier molecular flexibility index (Phi) is 4.55. The van der Waals surface area contributed by atoms with Crippen molar-refractivity contribution in [2.45, 2.75) is 24.4 Å². The van der Waals surface area contributed by atoms with Crippen molar-refractivity contribution in [3.8, 4) is 0 Å². The fourth-order valence-corrected chi connectivity index (χ4v) is 2.80. The first-order valence-corrected chi connectivity index (χ1v) is 7.47. The molecule has 3 atom stereocenters. The number of benzene rings is 2. The van der Waals surface area contributed by atoms with E-state index in [4.69, 9.17) is 14.6 Å². The molecule has 0 spiro atoms. The van der Waals surface area contributed by atoms with Gasteiger partial charge in [-0.1, -0.05) is 60.7 Å². The molecule has 1 saturated heterocycles. The fraction of sp³-hybridized carbons (Fsp3) is 0.333. The second-order valence-electron chi connectivity index (χ2n) is 5.41. The Morgan fingerprint density at radius 2 is 1.68 bits per heavy atom. The van der Waals surface area contributed by atoms with E-state index in [1.54, 1.807) is 0 Å². The largest absolute Gasteiger partial charge is 0.396 e. The highest BCUT2D eigenvalue weighted by Crippen LogP contribution is 2.44. The van der Waals surface area contributed by atoms with Crippen LogP contribution in [0.2, 0.25) is 0 Å². The van der Waals surface area contributed by atoms with E-state index < -0.39 is 11.9 Å². The summed E-state index contributed by atoms with van der Waals surface area (Å²) in [5.41, 5.74) is 1.50. The van der Waals surface area contributed by atoms with Crippen molar-refractivity contribution in [2.24, 2.45) is 0 Å². The van der Waals surface area contributed by atoms with Crippen LogP contribution in [0.3, 0.4) is 0 Å². The molecule has 0 aliphatic carbocycles. The zero-order valence-corrected chi connectivity index (χ0v) is 12.3. The van der Waals surface area contributed by atoms with Crippen LogP contribution in [0.15, 0.2) is 60.7 Å². The third-order valence-corrected chi connectivity index (χ3v) is 3.93. The van der Waals surface area contributed by atoms with Crippen LogP contribution in [0.5, 0.6) is 0 Å². The highest BCUT2D eigenvalue weighted by Gasteiger charge is 2.49. The van der Waals surface area contributed by atoms with E-state index in [1.807, 2.05) is 60.7 Å². The van der Waals surface area contributed by atoms with Gasteiger partial charge < -0.3 is 19.7 Å². The predicted octanol–water partition coefficient (Wildman–Crippen LogP) is 2.37. The average Bonchev–Trinajstić information content (AvgIpc) is 3.01. The number of hydrogen-bond acceptors (Lipinski definition) is 4. The van der Waals surface area contributed by atoms with Crippen molar-refractivity contribution in [1.82, 2.24) is 0 Å². The predicted molar refractivity (Wildman–Crippen MR) is 82.0 cm³/mol. The minimum Gasteiger partial charge on any atom is -0.396 e. The van der Waals surface area contributed by atoms with E-state index in [0.717, 1.165) is 11.1 Å². The number of aliphatic hydroxyl groups is 2. The molecule has 1 aliphatic rings. The molecule has 3 unspecified atom stereocenters. The van der Waals surface area contributed by atoms with Gasteiger partial charge in [-0.05, 0) is 12.0 Å². The zero-order valence-electron chi connectivity index (χ0n) is 12.3. The van der Waals surface area contributed by atoms with Gasteiger partial charge in [0.1, 0.15) is 6.10 Å². The van der Waals surface area contributed by atoms with E-state index in [0.29, 0.717) is 13.0 Å². The van der Waals surface area contributed by atoms with Crippen molar-refractivity contribution in [2.75, 3.05) is 13.2 Å². The van der Waals surface area contributed by atoms with Gasteiger partial charge >= 0.3 is 0 Å². The molecule has 1 aliphatic heterocycles. The summed E-state index contributed by atoms with van der Waals surface area (Å²) in [6, 6.07) is 18.8. The molecule has 1 fully saturated rings. The molecule has 116 valence electrons. The lowest BCUT2D eigenvalue weighted by atomic mass is 9.94. The highest BCUT2D eigenvalue weighted by atomic mass is 16.8. The summed E-state index contributed by atoms with van der Waals surface area (Å²) in [4.78, 5) is 0. The zero-order chi connectivity index (χ0) is 15.4. The van der Waals surface area contributed by atoms with Gasteiger partial charge in [0.15, 0.2) is 0 Å². The molecule has 4 nitrogen and oxygen atoms in total. The topological polar surface area (TPSA) is 58.9 Å². The van der Waals surface area contributed by atoms with Crippen LogP contribution in [0.4, 0.5) is 0 Å². The van der Waals surface area contributed by atoms with Gasteiger partial charge in [0, 0.05) is 12.2 Å². The molecule has 2 aromatic rings. The third kappa shape index (κ3) is 2.78. The lowest BCUT2D eigenvalue weighted by Crippen LogP contribution is -2.35. The second-order valence-corrected chi connectivity index (χ2v) is 5.41. The minimum absolute atomic E-state index is 0.0281. The van der Waals surface area contributed by atoms with Gasteiger partial charge in [-0.15, -0.1) is 0 Å². The van der Waals surface area contributed by atoms with Gasteiger partial charge in [-0.25, -0.2) is 0 Å². The van der Waals surface area contributed by atoms with E-state index in [1.165, 1.54) is 0 Å². The van der Waals surface area contributed by atoms with E-state index in [2.05, 4.69) is 0 Å². The quantitative estimate of drug-likeness (QED) is 0.890. The summed E-state index contributed by atoms with van der Waals surface area (Å²) >= 11 is 0. The number of aliphatic hydroxyl groups excluding tert-OH is 2. The summed E-state index contributed by atoms with van der Waals surface area (Å²) in [7, 11) is 0. The molecule has 4 heteroatoms. The van der Waals surface area contributed by atoms with Gasteiger partial charge in [0.2, 0.25) is 5.79 Å². The van der Waals surface area contributed by atoms with Crippen molar-refractivity contribution >= 4 is 0 Å². The Hall–Kier alpha value is -1.72. The first-order chi connectivity index (χ1) is 10.8. The lowest BCUT2D eigenvalue weighted by molar-refractivity contribution is -0.241. The van der Waals surface area contributed by atoms with E-state index in [9.17, 15) is 5.11 Å². The average molecular weight is 300 g/mol. The molecule has 0 bridgehead atoms. The first kappa shape index (κ1) is 15.2. The van der Waals surface area contributed by atoms with E-state index >= 15 is 0 Å². The summed E-state index contributed by atoms with van der Waals surface area (Å²) in [5.74, 6) is -1.23. The third-order valence-electron chi connectivity index (χ3n) is 3.93. The van der Waals surface area contributed by atoms with Crippen LogP contribution in [0.1, 0.15) is 23.7 Å². The second kappa shape index (κ2) is 6.58. The molecule has 1 heterocycles. The molecule has 2 aromatic carbocycles. The van der Waals surface area contributed by atoms with Crippen LogP contribution < -0.4 is 0 Å². The van der Waals surface area contributed by atoms with Crippen molar-refractivity contribution < 1.29 is 19.7 Å². The molecule has 0 radical (unpaired) electrons. The van der Waals surface area contributed by atoms with Crippen molar-refractivity contribution in [3.05, 3.63) is 71.8 Å². The number of rotatable bonds is 5. The maximum atomic E-state index is 10.9. The maximum absolute atomic E-state index is 10.9. The Labute approximate surface area is 129 Å². The monoisotopic (exact) mass is 300 g/mol. The summed E-state index contributed by atoms with van der Waals surface area (Å²) in [6.07, 6.45) is -0.695. The Bertz CT molecular complexity index is 587. The summed E-state index contributed by atoms with van der Waals surface area (Å²) in [6.45, 7) is 0.375. The standard InChI is InChI=1S/C18H20O4/c19-12-11-16-13-21-18(22-16,15-9-5-2-6-10-15)17(20)14-7-3-1-4-8-14/h1-10,16-17,19-20H,11-13H2. The SMILES string of the molecule is OCCC1COC(c2ccccc2)(C(O)c2ccccc2)O1. The van der Waals surface area contributed by atoms with Crippen molar-refractivity contribution in [3.63, 3.8) is 0 Å². The van der Waals surface area contributed by atoms with Crippen molar-refractivity contribution in [1.29, 1.82) is 0 Å². The number of ether oxygens (including phenoxy) is 2. The van der Waals surface area contributed by atoms with Crippen LogP contribution in [-0.4, -0.2) is 29.5 Å². The highest BCUT2D eigenvalue weighted by molar-refractivity contribution is 5.28. The van der Waals surface area contributed by atoms with Gasteiger partial charge in [0.25, 0.3) is 0 Å². The first-order valence-electron chi connectivity index (χ1n) is 7.47. The normalized spacial score (nSPS) is 26.0. The van der Waals surface area contributed by atoms with Crippen LogP contribution in [0, 0.1) is 0 Å². The summed E-state index contributed by atoms with van der Waals surface area (Å²) < 4.78 is 12.0. The molecule has 2 N–H and O–H groups in total. The minimum atomic E-state index is -1.23. The van der Waals surface area contributed by atoms with E-state index in [-0.39, 0.29) is 12.7 Å². The van der Waals surface area contributed by atoms with Crippen LogP contribution >= 0.6 is 0 Å². The fourth-order valence-electron chi connectivity index (χ4n) is 2.80. The van der Waals surface area contributed by atoms with Gasteiger partial charge in [-0.3, -0.25) is 0 Å². The Morgan fingerprint density at radius 1 is 1.05 bits per heavy atom.